The van der Waals surface area contributed by atoms with Crippen LogP contribution in [0.1, 0.15) is 45.1 Å². The van der Waals surface area contributed by atoms with Crippen LogP contribution in [0.15, 0.2) is 18.2 Å². The van der Waals surface area contributed by atoms with E-state index in [1.165, 1.54) is 13.0 Å². The summed E-state index contributed by atoms with van der Waals surface area (Å²) in [5.74, 6) is 0.205. The Labute approximate surface area is 177 Å². The van der Waals surface area contributed by atoms with Crippen LogP contribution in [0.25, 0.3) is 0 Å². The monoisotopic (exact) mass is 417 g/mol. The maximum absolute atomic E-state index is 14.5. The molecule has 3 aliphatic rings. The van der Waals surface area contributed by atoms with Crippen molar-refractivity contribution in [2.45, 2.75) is 44.9 Å². The van der Waals surface area contributed by atoms with Crippen molar-refractivity contribution in [1.82, 2.24) is 9.80 Å². The quantitative estimate of drug-likeness (QED) is 0.757. The molecular weight excluding hydrogens is 385 g/mol. The maximum Gasteiger partial charge on any atom is 0.409 e. The molecule has 1 aromatic rings. The van der Waals surface area contributed by atoms with Crippen molar-refractivity contribution >= 4 is 17.7 Å². The lowest BCUT2D eigenvalue weighted by molar-refractivity contribution is -0.116. The van der Waals surface area contributed by atoms with E-state index in [0.717, 1.165) is 64.0 Å². The molecule has 0 aliphatic carbocycles. The van der Waals surface area contributed by atoms with Crippen molar-refractivity contribution in [2.24, 2.45) is 5.92 Å². The van der Waals surface area contributed by atoms with Gasteiger partial charge in [-0.3, -0.25) is 4.79 Å². The number of para-hydroxylation sites is 1. The summed E-state index contributed by atoms with van der Waals surface area (Å²) in [6, 6.07) is 5.22. The van der Waals surface area contributed by atoms with Gasteiger partial charge in [0.25, 0.3) is 0 Å². The van der Waals surface area contributed by atoms with Gasteiger partial charge >= 0.3 is 6.09 Å². The lowest BCUT2D eigenvalue weighted by Crippen LogP contribution is -2.48. The minimum Gasteiger partial charge on any atom is -0.450 e. The van der Waals surface area contributed by atoms with E-state index in [-0.39, 0.29) is 23.2 Å². The minimum atomic E-state index is -0.296. The number of halogens is 1. The van der Waals surface area contributed by atoms with E-state index >= 15 is 0 Å². The van der Waals surface area contributed by atoms with Crippen molar-refractivity contribution in [3.8, 4) is 0 Å². The standard InChI is InChI=1S/C23H32FN3O3/c1-3-30-22(29)26-11-7-18(8-12-26)15-25-13-9-23(10-14-25)16-27(17(2)28)21-19(23)5-4-6-20(21)24/h4-6,18H,3,7-16H2,1-2H3. The number of hydrogen-bond acceptors (Lipinski definition) is 4. The first-order valence-electron chi connectivity index (χ1n) is 11.1. The van der Waals surface area contributed by atoms with E-state index in [9.17, 15) is 14.0 Å². The molecule has 1 spiro atoms. The number of ether oxygens (including phenoxy) is 1. The van der Waals surface area contributed by atoms with E-state index in [1.54, 1.807) is 11.0 Å². The molecule has 3 aliphatic heterocycles. The molecule has 0 bridgehead atoms. The summed E-state index contributed by atoms with van der Waals surface area (Å²) in [6.45, 7) is 8.85. The van der Waals surface area contributed by atoms with Crippen molar-refractivity contribution in [2.75, 3.05) is 50.8 Å². The van der Waals surface area contributed by atoms with Crippen molar-refractivity contribution < 1.29 is 18.7 Å². The van der Waals surface area contributed by atoms with Gasteiger partial charge in [0, 0.05) is 38.5 Å². The molecule has 0 saturated carbocycles. The molecule has 2 amide bonds. The Morgan fingerprint density at radius 2 is 1.87 bits per heavy atom. The fourth-order valence-corrected chi connectivity index (χ4v) is 5.42. The Kier molecular flexibility index (Phi) is 6.00. The highest BCUT2D eigenvalue weighted by atomic mass is 19.1. The first-order chi connectivity index (χ1) is 14.4. The number of fused-ring (bicyclic) bond motifs is 2. The van der Waals surface area contributed by atoms with Gasteiger partial charge in [-0.15, -0.1) is 0 Å². The maximum atomic E-state index is 14.5. The van der Waals surface area contributed by atoms with E-state index in [4.69, 9.17) is 4.74 Å². The number of likely N-dealkylation sites (tertiary alicyclic amines) is 2. The van der Waals surface area contributed by atoms with Crippen LogP contribution in [-0.2, 0) is 14.9 Å². The van der Waals surface area contributed by atoms with Crippen molar-refractivity contribution in [3.05, 3.63) is 29.6 Å². The van der Waals surface area contributed by atoms with Crippen LogP contribution in [0.4, 0.5) is 14.9 Å². The van der Waals surface area contributed by atoms with Gasteiger partial charge in [-0.25, -0.2) is 9.18 Å². The topological polar surface area (TPSA) is 53.1 Å². The predicted molar refractivity (Wildman–Crippen MR) is 113 cm³/mol. The Bertz CT molecular complexity index is 799. The molecule has 0 atom stereocenters. The number of rotatable bonds is 3. The van der Waals surface area contributed by atoms with Gasteiger partial charge in [0.2, 0.25) is 5.91 Å². The SMILES string of the molecule is CCOC(=O)N1CCC(CN2CCC3(CC2)CN(C(C)=O)c2c(F)cccc23)CC1. The zero-order valence-electron chi connectivity index (χ0n) is 18.0. The van der Waals surface area contributed by atoms with Gasteiger partial charge in [-0.1, -0.05) is 12.1 Å². The third kappa shape index (κ3) is 3.92. The van der Waals surface area contributed by atoms with Crippen LogP contribution < -0.4 is 4.90 Å². The molecule has 0 aromatic heterocycles. The third-order valence-electron chi connectivity index (χ3n) is 7.14. The second kappa shape index (κ2) is 8.53. The van der Waals surface area contributed by atoms with Gasteiger partial charge in [-0.2, -0.15) is 0 Å². The van der Waals surface area contributed by atoms with Gasteiger partial charge in [0.1, 0.15) is 5.82 Å². The number of hydrogen-bond donors (Lipinski definition) is 0. The second-order valence-corrected chi connectivity index (χ2v) is 8.95. The Morgan fingerprint density at radius 3 is 2.50 bits per heavy atom. The second-order valence-electron chi connectivity index (χ2n) is 8.95. The lowest BCUT2D eigenvalue weighted by atomic mass is 9.74. The minimum absolute atomic E-state index is 0.0889. The average molecular weight is 418 g/mol. The number of benzene rings is 1. The molecular formula is C23H32FN3O3. The van der Waals surface area contributed by atoms with E-state index < -0.39 is 0 Å². The molecule has 3 heterocycles. The van der Waals surface area contributed by atoms with E-state index in [0.29, 0.717) is 24.8 Å². The smallest absolute Gasteiger partial charge is 0.409 e. The first-order valence-corrected chi connectivity index (χ1v) is 11.1. The molecule has 0 radical (unpaired) electrons. The molecule has 6 nitrogen and oxygen atoms in total. The van der Waals surface area contributed by atoms with Gasteiger partial charge in [-0.05, 0) is 63.2 Å². The molecule has 1 aromatic carbocycles. The number of amides is 2. The highest BCUT2D eigenvalue weighted by molar-refractivity contribution is 5.95. The van der Waals surface area contributed by atoms with Gasteiger partial charge in [0.05, 0.1) is 12.3 Å². The normalized spacial score (nSPS) is 21.7. The highest BCUT2D eigenvalue weighted by Gasteiger charge is 2.47. The Morgan fingerprint density at radius 1 is 1.17 bits per heavy atom. The van der Waals surface area contributed by atoms with Crippen LogP contribution in [0.3, 0.4) is 0 Å². The summed E-state index contributed by atoms with van der Waals surface area (Å²) in [5, 5.41) is 0. The molecule has 30 heavy (non-hydrogen) atoms. The number of piperidine rings is 2. The highest BCUT2D eigenvalue weighted by Crippen LogP contribution is 2.48. The number of anilines is 1. The largest absolute Gasteiger partial charge is 0.450 e. The summed E-state index contributed by atoms with van der Waals surface area (Å²) in [4.78, 5) is 30.0. The molecule has 0 N–H and O–H groups in total. The average Bonchev–Trinajstić information content (AvgIpc) is 3.06. The Hall–Kier alpha value is -2.15. The third-order valence-corrected chi connectivity index (χ3v) is 7.14. The zero-order valence-corrected chi connectivity index (χ0v) is 18.0. The fraction of sp³-hybridized carbons (Fsp3) is 0.652. The van der Waals surface area contributed by atoms with Crippen LogP contribution >= 0.6 is 0 Å². The summed E-state index contributed by atoms with van der Waals surface area (Å²) >= 11 is 0. The van der Waals surface area contributed by atoms with E-state index in [2.05, 4.69) is 4.90 Å². The van der Waals surface area contributed by atoms with Gasteiger partial charge < -0.3 is 19.4 Å². The summed E-state index contributed by atoms with van der Waals surface area (Å²) < 4.78 is 19.6. The summed E-state index contributed by atoms with van der Waals surface area (Å²) in [5.41, 5.74) is 1.36. The van der Waals surface area contributed by atoms with Crippen molar-refractivity contribution in [3.63, 3.8) is 0 Å². The van der Waals surface area contributed by atoms with Crippen LogP contribution in [0.5, 0.6) is 0 Å². The Balaban J connectivity index is 1.35. The summed E-state index contributed by atoms with van der Waals surface area (Å²) in [7, 11) is 0. The van der Waals surface area contributed by atoms with Crippen LogP contribution in [-0.4, -0.2) is 67.7 Å². The summed E-state index contributed by atoms with van der Waals surface area (Å²) in [6.07, 6.45) is 3.70. The van der Waals surface area contributed by atoms with E-state index in [1.807, 2.05) is 17.9 Å². The van der Waals surface area contributed by atoms with Crippen molar-refractivity contribution in [1.29, 1.82) is 0 Å². The number of carbonyl (C=O) groups excluding carboxylic acids is 2. The first kappa shape index (κ1) is 21.1. The molecule has 164 valence electrons. The van der Waals surface area contributed by atoms with Gasteiger partial charge in [0.15, 0.2) is 0 Å². The van der Waals surface area contributed by atoms with Crippen LogP contribution in [0.2, 0.25) is 0 Å². The molecule has 2 fully saturated rings. The number of nitrogens with zero attached hydrogens (tertiary/aromatic N) is 3. The predicted octanol–water partition coefficient (Wildman–Crippen LogP) is 3.39. The molecule has 4 rings (SSSR count). The number of carbonyl (C=O) groups is 2. The molecule has 7 heteroatoms. The lowest BCUT2D eigenvalue weighted by Gasteiger charge is -2.42. The molecule has 2 saturated heterocycles. The zero-order chi connectivity index (χ0) is 21.3. The molecule has 0 unspecified atom stereocenters. The fourth-order valence-electron chi connectivity index (χ4n) is 5.42. The van der Waals surface area contributed by atoms with Crippen LogP contribution in [0, 0.1) is 11.7 Å².